The number of hydrogen-bond donors (Lipinski definition) is 0. The zero-order valence-electron chi connectivity index (χ0n) is 11.7. The number of anilines is 1. The first kappa shape index (κ1) is 13.8. The van der Waals surface area contributed by atoms with Gasteiger partial charge in [-0.1, -0.05) is 25.1 Å². The van der Waals surface area contributed by atoms with Gasteiger partial charge in [-0.05, 0) is 24.8 Å². The van der Waals surface area contributed by atoms with Gasteiger partial charge in [-0.15, -0.1) is 11.8 Å². The number of rotatable bonds is 3. The molecule has 2 aromatic rings. The lowest BCUT2D eigenvalue weighted by molar-refractivity contribution is 0.0924. The van der Waals surface area contributed by atoms with Gasteiger partial charge >= 0.3 is 0 Å². The minimum Gasteiger partial charge on any atom is -0.268 e. The van der Waals surface area contributed by atoms with Crippen LogP contribution >= 0.6 is 11.8 Å². The number of nitrogens with zero attached hydrogens (tertiary/aromatic N) is 3. The number of imide groups is 1. The van der Waals surface area contributed by atoms with Crippen LogP contribution in [0.4, 0.5) is 5.69 Å². The predicted octanol–water partition coefficient (Wildman–Crippen LogP) is 2.70. The van der Waals surface area contributed by atoms with Crippen molar-refractivity contribution in [3.05, 3.63) is 47.4 Å². The number of fused-ring (bicyclic) bond motifs is 1. The average molecular weight is 299 g/mol. The summed E-state index contributed by atoms with van der Waals surface area (Å²) in [6, 6.07) is 8.88. The van der Waals surface area contributed by atoms with Crippen LogP contribution in [0.25, 0.3) is 0 Å². The molecule has 0 saturated carbocycles. The number of amides is 2. The molecule has 3 rings (SSSR count). The van der Waals surface area contributed by atoms with E-state index in [-0.39, 0.29) is 17.5 Å². The molecule has 1 aliphatic rings. The fourth-order valence-corrected chi connectivity index (χ4v) is 3.06. The van der Waals surface area contributed by atoms with Gasteiger partial charge in [0.05, 0.1) is 5.69 Å². The largest absolute Gasteiger partial charge is 0.284 e. The summed E-state index contributed by atoms with van der Waals surface area (Å²) < 4.78 is 0. The lowest BCUT2D eigenvalue weighted by Crippen LogP contribution is -2.29. The molecular formula is C15H13N3O2S. The molecule has 0 saturated heterocycles. The van der Waals surface area contributed by atoms with Crippen molar-refractivity contribution in [3.63, 3.8) is 0 Å². The summed E-state index contributed by atoms with van der Waals surface area (Å²) in [4.78, 5) is 34.8. The minimum atomic E-state index is -0.385. The Morgan fingerprint density at radius 1 is 1.10 bits per heavy atom. The van der Waals surface area contributed by atoms with Crippen LogP contribution < -0.4 is 4.90 Å². The summed E-state index contributed by atoms with van der Waals surface area (Å²) >= 11 is 1.45. The number of aromatic nitrogens is 2. The lowest BCUT2D eigenvalue weighted by Gasteiger charge is -2.12. The highest BCUT2D eigenvalue weighted by atomic mass is 32.2. The van der Waals surface area contributed by atoms with Gasteiger partial charge in [0.2, 0.25) is 0 Å². The second-order valence-electron chi connectivity index (χ2n) is 4.51. The average Bonchev–Trinajstić information content (AvgIpc) is 2.72. The number of hydrogen-bond acceptors (Lipinski definition) is 5. The summed E-state index contributed by atoms with van der Waals surface area (Å²) in [6.45, 7) is 3.70. The van der Waals surface area contributed by atoms with E-state index in [0.29, 0.717) is 22.1 Å². The molecular weight excluding hydrogens is 286 g/mol. The third-order valence-corrected chi connectivity index (χ3v) is 3.96. The van der Waals surface area contributed by atoms with Crippen molar-refractivity contribution in [3.8, 4) is 0 Å². The van der Waals surface area contributed by atoms with Crippen molar-refractivity contribution in [2.75, 3.05) is 10.7 Å². The normalized spacial score (nSPS) is 13.7. The van der Waals surface area contributed by atoms with Crippen molar-refractivity contribution < 1.29 is 9.59 Å². The molecule has 5 nitrogen and oxygen atoms in total. The molecule has 2 amide bonds. The molecule has 0 spiro atoms. The zero-order chi connectivity index (χ0) is 15.0. The Bertz CT molecular complexity index is 731. The fourth-order valence-electron chi connectivity index (χ4n) is 2.26. The molecule has 0 aliphatic carbocycles. The monoisotopic (exact) mass is 299 g/mol. The van der Waals surface area contributed by atoms with Gasteiger partial charge in [-0.25, -0.2) is 14.9 Å². The summed E-state index contributed by atoms with van der Waals surface area (Å²) in [5, 5.41) is 0.580. The Kier molecular flexibility index (Phi) is 3.47. The molecule has 0 N–H and O–H groups in total. The smallest absolute Gasteiger partial charge is 0.268 e. The van der Waals surface area contributed by atoms with Gasteiger partial charge in [-0.2, -0.15) is 0 Å². The highest BCUT2D eigenvalue weighted by Gasteiger charge is 2.40. The van der Waals surface area contributed by atoms with Crippen LogP contribution in [0.15, 0.2) is 35.4 Å². The molecule has 0 bridgehead atoms. The van der Waals surface area contributed by atoms with Crippen molar-refractivity contribution in [2.45, 2.75) is 18.9 Å². The first-order chi connectivity index (χ1) is 10.1. The van der Waals surface area contributed by atoms with Crippen LogP contribution in [0, 0.1) is 6.92 Å². The maximum absolute atomic E-state index is 12.6. The van der Waals surface area contributed by atoms with Crippen molar-refractivity contribution in [2.24, 2.45) is 0 Å². The van der Waals surface area contributed by atoms with Gasteiger partial charge in [0.25, 0.3) is 11.8 Å². The third-order valence-electron chi connectivity index (χ3n) is 3.11. The topological polar surface area (TPSA) is 63.2 Å². The molecule has 0 fully saturated rings. The number of para-hydroxylation sites is 1. The SMILES string of the molecule is CCSc1nc(C)nc2c1C(=O)N(c1ccccc1)C2=O. The van der Waals surface area contributed by atoms with Crippen LogP contribution in [0.5, 0.6) is 0 Å². The molecule has 2 heterocycles. The van der Waals surface area contributed by atoms with E-state index in [0.717, 1.165) is 5.75 Å². The number of benzene rings is 1. The molecule has 106 valence electrons. The van der Waals surface area contributed by atoms with Gasteiger partial charge in [0.1, 0.15) is 22.1 Å². The fraction of sp³-hybridized carbons (Fsp3) is 0.200. The number of aryl methyl sites for hydroxylation is 1. The van der Waals surface area contributed by atoms with Crippen LogP contribution in [0.1, 0.15) is 33.6 Å². The second-order valence-corrected chi connectivity index (χ2v) is 5.77. The first-order valence-corrected chi connectivity index (χ1v) is 7.57. The number of carbonyl (C=O) groups is 2. The van der Waals surface area contributed by atoms with Crippen LogP contribution in [0.3, 0.4) is 0 Å². The summed E-state index contributed by atoms with van der Waals surface area (Å²) in [6.07, 6.45) is 0. The van der Waals surface area contributed by atoms with E-state index < -0.39 is 0 Å². The third kappa shape index (κ3) is 2.21. The highest BCUT2D eigenvalue weighted by molar-refractivity contribution is 7.99. The standard InChI is InChI=1S/C15H13N3O2S/c1-3-21-13-11-12(16-9(2)17-13)15(20)18(14(11)19)10-7-5-4-6-8-10/h4-8H,3H2,1-2H3. The van der Waals surface area contributed by atoms with E-state index in [1.165, 1.54) is 16.7 Å². The van der Waals surface area contributed by atoms with E-state index in [1.54, 1.807) is 31.2 Å². The lowest BCUT2D eigenvalue weighted by atomic mass is 10.2. The maximum atomic E-state index is 12.6. The number of carbonyl (C=O) groups excluding carboxylic acids is 2. The van der Waals surface area contributed by atoms with Crippen molar-refractivity contribution in [1.82, 2.24) is 9.97 Å². The highest BCUT2D eigenvalue weighted by Crippen LogP contribution is 2.32. The van der Waals surface area contributed by atoms with Crippen LogP contribution in [-0.4, -0.2) is 27.5 Å². The summed E-state index contributed by atoms with van der Waals surface area (Å²) in [5.41, 5.74) is 1.07. The Balaban J connectivity index is 2.14. The Morgan fingerprint density at radius 3 is 2.48 bits per heavy atom. The molecule has 0 atom stereocenters. The quantitative estimate of drug-likeness (QED) is 0.495. The van der Waals surface area contributed by atoms with E-state index >= 15 is 0 Å². The maximum Gasteiger partial charge on any atom is 0.284 e. The Morgan fingerprint density at radius 2 is 1.81 bits per heavy atom. The molecule has 21 heavy (non-hydrogen) atoms. The van der Waals surface area contributed by atoms with E-state index in [2.05, 4.69) is 9.97 Å². The Labute approximate surface area is 126 Å². The van der Waals surface area contributed by atoms with Crippen LogP contribution in [-0.2, 0) is 0 Å². The number of thioether (sulfide) groups is 1. The molecule has 0 radical (unpaired) electrons. The molecule has 1 aromatic carbocycles. The van der Waals surface area contributed by atoms with Crippen molar-refractivity contribution >= 4 is 29.3 Å². The van der Waals surface area contributed by atoms with Gasteiger partial charge in [0, 0.05) is 0 Å². The van der Waals surface area contributed by atoms with Gasteiger partial charge in [0.15, 0.2) is 0 Å². The van der Waals surface area contributed by atoms with E-state index in [9.17, 15) is 9.59 Å². The molecule has 1 aromatic heterocycles. The predicted molar refractivity (Wildman–Crippen MR) is 80.7 cm³/mol. The first-order valence-electron chi connectivity index (χ1n) is 6.58. The Hall–Kier alpha value is -2.21. The molecule has 6 heteroatoms. The van der Waals surface area contributed by atoms with E-state index in [1.807, 2.05) is 13.0 Å². The molecule has 1 aliphatic heterocycles. The van der Waals surface area contributed by atoms with Crippen LogP contribution in [0.2, 0.25) is 0 Å². The molecule has 0 unspecified atom stereocenters. The zero-order valence-corrected chi connectivity index (χ0v) is 12.5. The summed E-state index contributed by atoms with van der Waals surface area (Å²) in [7, 11) is 0. The van der Waals surface area contributed by atoms with Crippen molar-refractivity contribution in [1.29, 1.82) is 0 Å². The van der Waals surface area contributed by atoms with Gasteiger partial charge < -0.3 is 0 Å². The minimum absolute atomic E-state index is 0.201. The van der Waals surface area contributed by atoms with E-state index in [4.69, 9.17) is 0 Å². The summed E-state index contributed by atoms with van der Waals surface area (Å²) in [5.74, 6) is 0.540. The van der Waals surface area contributed by atoms with Gasteiger partial charge in [-0.3, -0.25) is 9.59 Å². The second kappa shape index (κ2) is 5.29.